The minimum absolute atomic E-state index is 0.170. The van der Waals surface area contributed by atoms with Gasteiger partial charge < -0.3 is 29.8 Å². The summed E-state index contributed by atoms with van der Waals surface area (Å²) in [6.07, 6.45) is 0. The summed E-state index contributed by atoms with van der Waals surface area (Å²) in [5.41, 5.74) is -0.818. The van der Waals surface area contributed by atoms with Crippen LogP contribution in [0.25, 0.3) is 0 Å². The van der Waals surface area contributed by atoms with Crippen LogP contribution in [0.1, 0.15) is 94.2 Å². The minimum atomic E-state index is -3.68. The highest BCUT2D eigenvalue weighted by Crippen LogP contribution is 2.36. The summed E-state index contributed by atoms with van der Waals surface area (Å²) in [4.78, 5) is 62.9. The second-order valence-electron chi connectivity index (χ2n) is 21.9. The van der Waals surface area contributed by atoms with Crippen LogP contribution >= 0.6 is 22.7 Å². The van der Waals surface area contributed by atoms with Gasteiger partial charge in [-0.3, -0.25) is 19.4 Å². The standard InChI is InChI=1S/2C26H36N4O5S2/c2*1-18(2)30-23(31)25(3,4)29(24(30)32)17-21-16-27(37(34,35)22-8-7-15-36-22)13-14-28(21)20-11-9-19(10-12-20)26(5,6)33/h2*7-12,15,18,21,33H,13-14,16-17H2,1-6H3/t2*21-/m11/s1. The number of piperazine rings is 2. The number of amides is 6. The van der Waals surface area contributed by atoms with Gasteiger partial charge >= 0.3 is 12.1 Å². The van der Waals surface area contributed by atoms with Gasteiger partial charge in [-0.15, -0.1) is 22.7 Å². The van der Waals surface area contributed by atoms with E-state index in [-0.39, 0.29) is 82.6 Å². The van der Waals surface area contributed by atoms with Crippen molar-refractivity contribution in [1.29, 1.82) is 0 Å². The molecule has 404 valence electrons. The number of thiophene rings is 2. The summed E-state index contributed by atoms with van der Waals surface area (Å²) in [7, 11) is -7.37. The molecule has 4 saturated heterocycles. The first-order chi connectivity index (χ1) is 34.3. The lowest BCUT2D eigenvalue weighted by Crippen LogP contribution is -2.60. The van der Waals surface area contributed by atoms with Crippen molar-refractivity contribution in [1.82, 2.24) is 28.2 Å². The molecule has 6 heterocycles. The Morgan fingerprint density at radius 2 is 0.878 bits per heavy atom. The molecular weight excluding hydrogens is 1020 g/mol. The van der Waals surface area contributed by atoms with E-state index in [1.165, 1.54) is 41.1 Å². The Balaban J connectivity index is 0.000000216. The Morgan fingerprint density at radius 3 is 1.14 bits per heavy atom. The molecule has 0 unspecified atom stereocenters. The number of urea groups is 2. The molecule has 2 N–H and O–H groups in total. The van der Waals surface area contributed by atoms with Crippen molar-refractivity contribution in [3.63, 3.8) is 0 Å². The Kier molecular flexibility index (Phi) is 16.0. The zero-order chi connectivity index (χ0) is 54.7. The summed E-state index contributed by atoms with van der Waals surface area (Å²) in [5.74, 6) is -0.514. The molecule has 22 heteroatoms. The lowest BCUT2D eigenvalue weighted by Gasteiger charge is -2.44. The third-order valence-corrected chi connectivity index (χ3v) is 20.9. The molecule has 2 aromatic heterocycles. The number of carbonyl (C=O) groups is 4. The molecule has 0 bridgehead atoms. The first kappa shape index (κ1) is 56.8. The van der Waals surface area contributed by atoms with Gasteiger partial charge in [-0.25, -0.2) is 26.4 Å². The van der Waals surface area contributed by atoms with E-state index in [0.29, 0.717) is 26.2 Å². The predicted molar refractivity (Wildman–Crippen MR) is 288 cm³/mol. The highest BCUT2D eigenvalue weighted by molar-refractivity contribution is 7.91. The molecule has 0 spiro atoms. The van der Waals surface area contributed by atoms with E-state index in [0.717, 1.165) is 22.5 Å². The molecule has 4 aliphatic heterocycles. The van der Waals surface area contributed by atoms with E-state index in [1.54, 1.807) is 100 Å². The van der Waals surface area contributed by atoms with Gasteiger partial charge in [-0.2, -0.15) is 8.61 Å². The number of rotatable bonds is 14. The number of imide groups is 2. The molecule has 8 rings (SSSR count). The summed E-state index contributed by atoms with van der Waals surface area (Å²) in [5, 5.41) is 24.2. The van der Waals surface area contributed by atoms with Gasteiger partial charge in [-0.05, 0) is 141 Å². The largest absolute Gasteiger partial charge is 0.386 e. The number of hydrogen-bond donors (Lipinski definition) is 2. The topological polar surface area (TPSA) is 203 Å². The van der Waals surface area contributed by atoms with Crippen molar-refractivity contribution in [2.75, 3.05) is 62.2 Å². The maximum atomic E-state index is 13.4. The third-order valence-electron chi connectivity index (χ3n) is 14.4. The molecular formula is C52H72N8O10S4. The zero-order valence-corrected chi connectivity index (χ0v) is 47.7. The molecule has 0 radical (unpaired) electrons. The first-order valence-corrected chi connectivity index (χ1v) is 29.5. The Morgan fingerprint density at radius 1 is 0.554 bits per heavy atom. The summed E-state index contributed by atoms with van der Waals surface area (Å²) in [6, 6.07) is 19.6. The van der Waals surface area contributed by atoms with Crippen LogP contribution in [0.15, 0.2) is 92.0 Å². The molecule has 0 aliphatic carbocycles. The zero-order valence-electron chi connectivity index (χ0n) is 44.4. The van der Waals surface area contributed by atoms with Gasteiger partial charge in [0.15, 0.2) is 0 Å². The van der Waals surface area contributed by atoms with Gasteiger partial charge in [0.25, 0.3) is 31.9 Å². The van der Waals surface area contributed by atoms with E-state index in [4.69, 9.17) is 0 Å². The summed E-state index contributed by atoms with van der Waals surface area (Å²) < 4.78 is 57.0. The van der Waals surface area contributed by atoms with Crippen LogP contribution in [0.4, 0.5) is 21.0 Å². The Hall–Kier alpha value is -4.94. The molecule has 4 aliphatic rings. The van der Waals surface area contributed by atoms with Gasteiger partial charge in [-0.1, -0.05) is 36.4 Å². The molecule has 6 amide bonds. The van der Waals surface area contributed by atoms with Crippen molar-refractivity contribution in [3.8, 4) is 0 Å². The van der Waals surface area contributed by atoms with E-state index in [9.17, 15) is 46.2 Å². The van der Waals surface area contributed by atoms with Crippen molar-refractivity contribution < 1.29 is 46.2 Å². The molecule has 18 nitrogen and oxygen atoms in total. The Labute approximate surface area is 444 Å². The first-order valence-electron chi connectivity index (χ1n) is 24.9. The maximum absolute atomic E-state index is 13.4. The van der Waals surface area contributed by atoms with E-state index in [1.807, 2.05) is 76.2 Å². The third kappa shape index (κ3) is 11.0. The molecule has 0 saturated carbocycles. The van der Waals surface area contributed by atoms with Gasteiger partial charge in [0.1, 0.15) is 19.5 Å². The summed E-state index contributed by atoms with van der Waals surface area (Å²) in [6.45, 7) is 23.2. The van der Waals surface area contributed by atoms with Gasteiger partial charge in [0.05, 0.1) is 23.3 Å². The average molecular weight is 1100 g/mol. The van der Waals surface area contributed by atoms with E-state index >= 15 is 0 Å². The van der Waals surface area contributed by atoms with Crippen LogP contribution in [0, 0.1) is 0 Å². The van der Waals surface area contributed by atoms with Crippen LogP contribution in [0.5, 0.6) is 0 Å². The quantitative estimate of drug-likeness (QED) is 0.128. The lowest BCUT2D eigenvalue weighted by atomic mass is 9.97. The number of carbonyl (C=O) groups excluding carboxylic acids is 4. The highest BCUT2D eigenvalue weighted by Gasteiger charge is 2.55. The molecule has 4 aromatic rings. The highest BCUT2D eigenvalue weighted by atomic mass is 32.3. The number of sulfonamides is 2. The summed E-state index contributed by atoms with van der Waals surface area (Å²) >= 11 is 2.36. The van der Waals surface area contributed by atoms with Crippen molar-refractivity contribution in [3.05, 3.63) is 94.7 Å². The monoisotopic (exact) mass is 1100 g/mol. The van der Waals surface area contributed by atoms with Crippen LogP contribution in [0.2, 0.25) is 0 Å². The minimum Gasteiger partial charge on any atom is -0.386 e. The predicted octanol–water partition coefficient (Wildman–Crippen LogP) is 6.61. The molecule has 2 atom stereocenters. The fraction of sp³-hybridized carbons (Fsp3) is 0.538. The van der Waals surface area contributed by atoms with Crippen LogP contribution in [-0.2, 0) is 40.8 Å². The second-order valence-corrected chi connectivity index (χ2v) is 28.2. The van der Waals surface area contributed by atoms with E-state index < -0.39 is 42.3 Å². The van der Waals surface area contributed by atoms with Crippen LogP contribution in [-0.4, -0.2) is 167 Å². The van der Waals surface area contributed by atoms with Gasteiger partial charge in [0, 0.05) is 75.8 Å². The lowest BCUT2D eigenvalue weighted by molar-refractivity contribution is -0.133. The normalized spacial score (nSPS) is 21.4. The fourth-order valence-corrected chi connectivity index (χ4v) is 15.2. The van der Waals surface area contributed by atoms with Crippen LogP contribution < -0.4 is 9.80 Å². The second kappa shape index (κ2) is 20.9. The smallest absolute Gasteiger partial charge is 0.327 e. The maximum Gasteiger partial charge on any atom is 0.327 e. The number of benzene rings is 2. The number of hydrogen-bond acceptors (Lipinski definition) is 14. The molecule has 74 heavy (non-hydrogen) atoms. The fourth-order valence-electron chi connectivity index (χ4n) is 9.96. The van der Waals surface area contributed by atoms with Crippen molar-refractivity contribution >= 4 is 78.0 Å². The van der Waals surface area contributed by atoms with Crippen LogP contribution in [0.3, 0.4) is 0 Å². The number of aliphatic hydroxyl groups is 2. The van der Waals surface area contributed by atoms with E-state index in [2.05, 4.69) is 9.80 Å². The Bertz CT molecular complexity index is 2700. The van der Waals surface area contributed by atoms with Crippen molar-refractivity contribution in [2.45, 2.75) is 138 Å². The average Bonchev–Trinajstić information content (AvgIpc) is 4.13. The van der Waals surface area contributed by atoms with Gasteiger partial charge in [0.2, 0.25) is 0 Å². The number of anilines is 2. The van der Waals surface area contributed by atoms with Crippen molar-refractivity contribution in [2.24, 2.45) is 0 Å². The molecule has 2 aromatic carbocycles. The molecule has 4 fully saturated rings. The SMILES string of the molecule is CC(C)N1C(=O)N(C[C@H]2CN(S(=O)(=O)c3cccs3)CCN2c2ccc(C(C)(C)O)cc2)C(C)(C)C1=O.CC(C)N1C(=O)N(C[C@H]2CN(S(=O)(=O)c3cccs3)CCN2c2ccc(C(C)(C)O)cc2)C(C)(C)C1=O. The number of nitrogens with zero attached hydrogens (tertiary/aromatic N) is 8.